The van der Waals surface area contributed by atoms with E-state index in [4.69, 9.17) is 11.6 Å². The van der Waals surface area contributed by atoms with Crippen LogP contribution >= 0.6 is 11.6 Å². The van der Waals surface area contributed by atoms with E-state index in [1.807, 2.05) is 12.1 Å². The molecule has 0 aliphatic heterocycles. The van der Waals surface area contributed by atoms with Crippen molar-refractivity contribution in [3.05, 3.63) is 34.9 Å². The highest BCUT2D eigenvalue weighted by Crippen LogP contribution is 2.31. The molecule has 0 saturated heterocycles. The molecule has 1 aromatic carbocycles. The van der Waals surface area contributed by atoms with Crippen molar-refractivity contribution in [3.63, 3.8) is 0 Å². The van der Waals surface area contributed by atoms with E-state index in [0.717, 1.165) is 23.4 Å². The quantitative estimate of drug-likeness (QED) is 0.848. The van der Waals surface area contributed by atoms with Gasteiger partial charge in [0.1, 0.15) is 0 Å². The fourth-order valence-electron chi connectivity index (χ4n) is 3.68. The second kappa shape index (κ2) is 8.17. The molecule has 21 heavy (non-hydrogen) atoms. The molecular formula is C18H29ClN2. The van der Waals surface area contributed by atoms with Crippen molar-refractivity contribution in [1.82, 2.24) is 10.2 Å². The van der Waals surface area contributed by atoms with Crippen LogP contribution in [-0.2, 0) is 6.54 Å². The molecular weight excluding hydrogens is 280 g/mol. The molecule has 0 bridgehead atoms. The monoisotopic (exact) mass is 308 g/mol. The number of nitrogens with zero attached hydrogens (tertiary/aromatic N) is 1. The van der Waals surface area contributed by atoms with E-state index in [2.05, 4.69) is 43.4 Å². The predicted molar refractivity (Wildman–Crippen MR) is 91.8 cm³/mol. The topological polar surface area (TPSA) is 15.3 Å². The normalized spacial score (nSPS) is 26.2. The average Bonchev–Trinajstić information content (AvgIpc) is 2.49. The Kier molecular flexibility index (Phi) is 6.53. The van der Waals surface area contributed by atoms with Crippen LogP contribution in [-0.4, -0.2) is 31.6 Å². The summed E-state index contributed by atoms with van der Waals surface area (Å²) in [4.78, 5) is 2.45. The zero-order valence-electron chi connectivity index (χ0n) is 13.6. The van der Waals surface area contributed by atoms with Gasteiger partial charge in [-0.15, -0.1) is 0 Å². The van der Waals surface area contributed by atoms with Gasteiger partial charge in [-0.25, -0.2) is 0 Å². The van der Waals surface area contributed by atoms with E-state index >= 15 is 0 Å². The highest BCUT2D eigenvalue weighted by molar-refractivity contribution is 6.30. The lowest BCUT2D eigenvalue weighted by Gasteiger charge is -2.38. The zero-order valence-corrected chi connectivity index (χ0v) is 14.4. The maximum atomic E-state index is 5.95. The average molecular weight is 309 g/mol. The van der Waals surface area contributed by atoms with Crippen LogP contribution in [0.3, 0.4) is 0 Å². The van der Waals surface area contributed by atoms with Gasteiger partial charge in [0.25, 0.3) is 0 Å². The number of hydrogen-bond donors (Lipinski definition) is 1. The van der Waals surface area contributed by atoms with Crippen molar-refractivity contribution in [1.29, 1.82) is 0 Å². The summed E-state index contributed by atoms with van der Waals surface area (Å²) in [5, 5.41) is 4.35. The summed E-state index contributed by atoms with van der Waals surface area (Å²) in [5.74, 6) is 1.69. The Bertz CT molecular complexity index is 418. The molecule has 1 aliphatic rings. The molecule has 3 heteroatoms. The lowest BCUT2D eigenvalue weighted by atomic mass is 9.76. The van der Waals surface area contributed by atoms with Crippen LogP contribution in [0.5, 0.6) is 0 Å². The minimum absolute atomic E-state index is 0.681. The van der Waals surface area contributed by atoms with Gasteiger partial charge in [0, 0.05) is 24.2 Å². The Labute approximate surface area is 134 Å². The number of nitrogens with one attached hydrogen (secondary N) is 1. The molecule has 3 unspecified atom stereocenters. The van der Waals surface area contributed by atoms with Crippen molar-refractivity contribution in [3.8, 4) is 0 Å². The smallest absolute Gasteiger partial charge is 0.0406 e. The Morgan fingerprint density at radius 3 is 2.57 bits per heavy atom. The van der Waals surface area contributed by atoms with Crippen molar-refractivity contribution in [2.75, 3.05) is 20.6 Å². The van der Waals surface area contributed by atoms with Gasteiger partial charge in [-0.05, 0) is 62.9 Å². The van der Waals surface area contributed by atoms with Crippen molar-refractivity contribution in [2.24, 2.45) is 11.8 Å². The number of rotatable bonds is 6. The molecule has 3 atom stereocenters. The second-order valence-corrected chi connectivity index (χ2v) is 7.00. The highest BCUT2D eigenvalue weighted by Gasteiger charge is 2.29. The molecule has 118 valence electrons. The van der Waals surface area contributed by atoms with Gasteiger partial charge in [-0.3, -0.25) is 0 Å². The molecule has 2 rings (SSSR count). The third kappa shape index (κ3) is 4.98. The largest absolute Gasteiger partial charge is 0.317 e. The SMILES string of the molecule is CCC1CCC(NC)C(CN(C)Cc2ccc(Cl)cc2)C1. The Morgan fingerprint density at radius 2 is 1.95 bits per heavy atom. The van der Waals surface area contributed by atoms with Crippen molar-refractivity contribution < 1.29 is 0 Å². The van der Waals surface area contributed by atoms with Gasteiger partial charge in [-0.2, -0.15) is 0 Å². The van der Waals surface area contributed by atoms with E-state index in [0.29, 0.717) is 6.04 Å². The van der Waals surface area contributed by atoms with Gasteiger partial charge in [0.05, 0.1) is 0 Å². The first-order chi connectivity index (χ1) is 10.1. The molecule has 2 nitrogen and oxygen atoms in total. The van der Waals surface area contributed by atoms with Crippen LogP contribution < -0.4 is 5.32 Å². The van der Waals surface area contributed by atoms with Gasteiger partial charge >= 0.3 is 0 Å². The highest BCUT2D eigenvalue weighted by atomic mass is 35.5. The van der Waals surface area contributed by atoms with Crippen LogP contribution in [0.2, 0.25) is 5.02 Å². The molecule has 0 spiro atoms. The Balaban J connectivity index is 1.90. The zero-order chi connectivity index (χ0) is 15.2. The molecule has 0 radical (unpaired) electrons. The Hall–Kier alpha value is -0.570. The molecule has 1 fully saturated rings. The van der Waals surface area contributed by atoms with Crippen molar-refractivity contribution in [2.45, 2.75) is 45.2 Å². The summed E-state index contributed by atoms with van der Waals surface area (Å²) in [7, 11) is 4.35. The van der Waals surface area contributed by atoms with E-state index < -0.39 is 0 Å². The standard InChI is InChI=1S/C18H29ClN2/c1-4-14-7-10-18(20-2)16(11-14)13-21(3)12-15-5-8-17(19)9-6-15/h5-6,8-9,14,16,18,20H,4,7,10-13H2,1-3H3. The van der Waals surface area contributed by atoms with E-state index in [1.165, 1.54) is 37.8 Å². The summed E-state index contributed by atoms with van der Waals surface area (Å²) in [5.41, 5.74) is 1.34. The molecule has 0 aromatic heterocycles. The minimum Gasteiger partial charge on any atom is -0.317 e. The van der Waals surface area contributed by atoms with E-state index in [1.54, 1.807) is 0 Å². The summed E-state index contributed by atoms with van der Waals surface area (Å²) >= 11 is 5.95. The fraction of sp³-hybridized carbons (Fsp3) is 0.667. The maximum absolute atomic E-state index is 5.95. The van der Waals surface area contributed by atoms with Gasteiger partial charge in [0.15, 0.2) is 0 Å². The summed E-state index contributed by atoms with van der Waals surface area (Å²) in [6.07, 6.45) is 5.41. The van der Waals surface area contributed by atoms with Gasteiger partial charge in [0.2, 0.25) is 0 Å². The van der Waals surface area contributed by atoms with Gasteiger partial charge < -0.3 is 10.2 Å². The molecule has 0 amide bonds. The van der Waals surface area contributed by atoms with Crippen LogP contribution in [0.25, 0.3) is 0 Å². The lowest BCUT2D eigenvalue weighted by molar-refractivity contribution is 0.153. The van der Waals surface area contributed by atoms with Crippen LogP contribution in [0.1, 0.15) is 38.2 Å². The third-order valence-corrected chi connectivity index (χ3v) is 5.20. The minimum atomic E-state index is 0.681. The first kappa shape index (κ1) is 16.8. The third-order valence-electron chi connectivity index (χ3n) is 4.95. The molecule has 1 aliphatic carbocycles. The lowest BCUT2D eigenvalue weighted by Crippen LogP contribution is -2.43. The summed E-state index contributed by atoms with van der Waals surface area (Å²) in [6.45, 7) is 4.50. The maximum Gasteiger partial charge on any atom is 0.0406 e. The first-order valence-electron chi connectivity index (χ1n) is 8.22. The molecule has 1 N–H and O–H groups in total. The van der Waals surface area contributed by atoms with Crippen LogP contribution in [0.15, 0.2) is 24.3 Å². The first-order valence-corrected chi connectivity index (χ1v) is 8.60. The summed E-state index contributed by atoms with van der Waals surface area (Å²) < 4.78 is 0. The molecule has 0 heterocycles. The predicted octanol–water partition coefficient (Wildman–Crippen LogP) is 4.19. The number of benzene rings is 1. The van der Waals surface area contributed by atoms with E-state index in [9.17, 15) is 0 Å². The fourth-order valence-corrected chi connectivity index (χ4v) is 3.81. The second-order valence-electron chi connectivity index (χ2n) is 6.57. The van der Waals surface area contributed by atoms with Crippen LogP contribution in [0, 0.1) is 11.8 Å². The number of hydrogen-bond acceptors (Lipinski definition) is 2. The van der Waals surface area contributed by atoms with Gasteiger partial charge in [-0.1, -0.05) is 37.1 Å². The Morgan fingerprint density at radius 1 is 1.24 bits per heavy atom. The summed E-state index contributed by atoms with van der Waals surface area (Å²) in [6, 6.07) is 8.90. The van der Waals surface area contributed by atoms with E-state index in [-0.39, 0.29) is 0 Å². The van der Waals surface area contributed by atoms with Crippen LogP contribution in [0.4, 0.5) is 0 Å². The van der Waals surface area contributed by atoms with Crippen molar-refractivity contribution >= 4 is 11.6 Å². The number of halogens is 1. The molecule has 1 saturated carbocycles. The molecule has 1 aromatic rings.